The van der Waals surface area contributed by atoms with E-state index in [1.807, 2.05) is 42.8 Å². The van der Waals surface area contributed by atoms with E-state index in [1.54, 1.807) is 13.4 Å². The van der Waals surface area contributed by atoms with Crippen LogP contribution in [0, 0.1) is 0 Å². The summed E-state index contributed by atoms with van der Waals surface area (Å²) in [7, 11) is 3.64. The Morgan fingerprint density at radius 2 is 2.05 bits per heavy atom. The molecule has 2 aromatic rings. The standard InChI is InChI=1S/C15H22N6O/c1-4-22-13-8-6-5-7-12(13)9-17-15(16-2)18-10-14-20-19-11-21(14)3/h5-8,11H,4,9-10H2,1-3H3,(H2,16,17,18). The van der Waals surface area contributed by atoms with Gasteiger partial charge in [0.05, 0.1) is 13.2 Å². The van der Waals surface area contributed by atoms with Gasteiger partial charge in [-0.1, -0.05) is 18.2 Å². The van der Waals surface area contributed by atoms with Crippen LogP contribution in [-0.2, 0) is 20.1 Å². The van der Waals surface area contributed by atoms with Crippen molar-refractivity contribution >= 4 is 5.96 Å². The Balaban J connectivity index is 1.90. The number of nitrogens with one attached hydrogen (secondary N) is 2. The lowest BCUT2D eigenvalue weighted by atomic mass is 10.2. The molecule has 1 aromatic heterocycles. The van der Waals surface area contributed by atoms with Crippen LogP contribution in [-0.4, -0.2) is 34.4 Å². The van der Waals surface area contributed by atoms with E-state index in [4.69, 9.17) is 4.74 Å². The van der Waals surface area contributed by atoms with Gasteiger partial charge in [-0.15, -0.1) is 10.2 Å². The summed E-state index contributed by atoms with van der Waals surface area (Å²) in [6.45, 7) is 3.82. The molecule has 0 saturated heterocycles. The smallest absolute Gasteiger partial charge is 0.191 e. The topological polar surface area (TPSA) is 76.4 Å². The Labute approximate surface area is 130 Å². The van der Waals surface area contributed by atoms with Crippen LogP contribution in [0.3, 0.4) is 0 Å². The molecule has 1 heterocycles. The number of ether oxygens (including phenoxy) is 1. The minimum absolute atomic E-state index is 0.559. The minimum atomic E-state index is 0.559. The third-order valence-electron chi connectivity index (χ3n) is 3.16. The lowest BCUT2D eigenvalue weighted by Crippen LogP contribution is -2.37. The van der Waals surface area contributed by atoms with E-state index >= 15 is 0 Å². The Hall–Kier alpha value is -2.57. The maximum atomic E-state index is 5.62. The SMILES string of the molecule is CCOc1ccccc1CNC(=NC)NCc1nncn1C. The second-order valence-electron chi connectivity index (χ2n) is 4.68. The number of aromatic nitrogens is 3. The molecule has 2 N–H and O–H groups in total. The first kappa shape index (κ1) is 15.8. The fraction of sp³-hybridized carbons (Fsp3) is 0.400. The molecule has 0 spiro atoms. The van der Waals surface area contributed by atoms with Crippen molar-refractivity contribution in [1.82, 2.24) is 25.4 Å². The molecule has 7 nitrogen and oxygen atoms in total. The normalized spacial score (nSPS) is 11.3. The van der Waals surface area contributed by atoms with Gasteiger partial charge < -0.3 is 19.9 Å². The molecule has 0 saturated carbocycles. The first-order valence-corrected chi connectivity index (χ1v) is 7.22. The van der Waals surface area contributed by atoms with Gasteiger partial charge >= 0.3 is 0 Å². The largest absolute Gasteiger partial charge is 0.494 e. The second kappa shape index (κ2) is 8.02. The van der Waals surface area contributed by atoms with Crippen LogP contribution in [0.25, 0.3) is 0 Å². The maximum Gasteiger partial charge on any atom is 0.191 e. The molecule has 0 aliphatic heterocycles. The minimum Gasteiger partial charge on any atom is -0.494 e. The van der Waals surface area contributed by atoms with Crippen LogP contribution in [0.5, 0.6) is 5.75 Å². The zero-order valence-electron chi connectivity index (χ0n) is 13.2. The number of nitrogens with zero attached hydrogens (tertiary/aromatic N) is 4. The molecule has 0 amide bonds. The van der Waals surface area contributed by atoms with Gasteiger partial charge in [0.1, 0.15) is 12.1 Å². The molecule has 0 bridgehead atoms. The predicted octanol–water partition coefficient (Wildman–Crippen LogP) is 1.08. The quantitative estimate of drug-likeness (QED) is 0.617. The Morgan fingerprint density at radius 3 is 2.73 bits per heavy atom. The third-order valence-corrected chi connectivity index (χ3v) is 3.16. The van der Waals surface area contributed by atoms with Gasteiger partial charge in [0.25, 0.3) is 0 Å². The summed E-state index contributed by atoms with van der Waals surface area (Å²) >= 11 is 0. The van der Waals surface area contributed by atoms with E-state index in [2.05, 4.69) is 25.8 Å². The highest BCUT2D eigenvalue weighted by molar-refractivity contribution is 5.79. The van der Waals surface area contributed by atoms with E-state index in [1.165, 1.54) is 0 Å². The number of guanidine groups is 1. The van der Waals surface area contributed by atoms with Crippen molar-refractivity contribution < 1.29 is 4.74 Å². The molecule has 7 heteroatoms. The lowest BCUT2D eigenvalue weighted by molar-refractivity contribution is 0.336. The highest BCUT2D eigenvalue weighted by Gasteiger charge is 2.05. The number of benzene rings is 1. The molecule has 0 atom stereocenters. The zero-order valence-corrected chi connectivity index (χ0v) is 13.2. The molecule has 0 aliphatic carbocycles. The van der Waals surface area contributed by atoms with E-state index in [-0.39, 0.29) is 0 Å². The van der Waals surface area contributed by atoms with Gasteiger partial charge in [-0.2, -0.15) is 0 Å². The van der Waals surface area contributed by atoms with E-state index < -0.39 is 0 Å². The van der Waals surface area contributed by atoms with Gasteiger partial charge in [-0.25, -0.2) is 0 Å². The van der Waals surface area contributed by atoms with Crippen molar-refractivity contribution in [3.8, 4) is 5.75 Å². The van der Waals surface area contributed by atoms with E-state index in [9.17, 15) is 0 Å². The summed E-state index contributed by atoms with van der Waals surface area (Å²) in [6.07, 6.45) is 1.67. The molecule has 0 aliphatic rings. The van der Waals surface area contributed by atoms with Gasteiger partial charge in [0.15, 0.2) is 11.8 Å². The monoisotopic (exact) mass is 302 g/mol. The van der Waals surface area contributed by atoms with E-state index in [0.717, 1.165) is 17.1 Å². The van der Waals surface area contributed by atoms with Crippen LogP contribution >= 0.6 is 0 Å². The number of rotatable bonds is 6. The third kappa shape index (κ3) is 4.21. The summed E-state index contributed by atoms with van der Waals surface area (Å²) in [5.41, 5.74) is 1.09. The van der Waals surface area contributed by atoms with E-state index in [0.29, 0.717) is 25.7 Å². The summed E-state index contributed by atoms with van der Waals surface area (Å²) in [5, 5.41) is 14.4. The molecule has 0 radical (unpaired) electrons. The number of aryl methyl sites for hydroxylation is 1. The highest BCUT2D eigenvalue weighted by atomic mass is 16.5. The van der Waals surface area contributed by atoms with Crippen LogP contribution in [0.15, 0.2) is 35.6 Å². The average Bonchev–Trinajstić information content (AvgIpc) is 2.94. The van der Waals surface area contributed by atoms with Gasteiger partial charge in [0.2, 0.25) is 0 Å². The Morgan fingerprint density at radius 1 is 1.27 bits per heavy atom. The maximum absolute atomic E-state index is 5.62. The van der Waals surface area contributed by atoms with Crippen molar-refractivity contribution in [3.05, 3.63) is 42.0 Å². The molecule has 1 aromatic carbocycles. The van der Waals surface area contributed by atoms with Gasteiger partial charge in [-0.05, 0) is 13.0 Å². The zero-order chi connectivity index (χ0) is 15.8. The van der Waals surface area contributed by atoms with Crippen molar-refractivity contribution in [2.45, 2.75) is 20.0 Å². The summed E-state index contributed by atoms with van der Waals surface area (Å²) in [6, 6.07) is 7.97. The molecule has 22 heavy (non-hydrogen) atoms. The average molecular weight is 302 g/mol. The highest BCUT2D eigenvalue weighted by Crippen LogP contribution is 2.17. The van der Waals surface area contributed by atoms with Crippen LogP contribution in [0.2, 0.25) is 0 Å². The first-order chi connectivity index (χ1) is 10.7. The molecular formula is C15H22N6O. The molecule has 0 unspecified atom stereocenters. The number of para-hydroxylation sites is 1. The summed E-state index contributed by atoms with van der Waals surface area (Å²) in [4.78, 5) is 4.20. The van der Waals surface area contributed by atoms with Crippen molar-refractivity contribution in [3.63, 3.8) is 0 Å². The molecular weight excluding hydrogens is 280 g/mol. The van der Waals surface area contributed by atoms with Crippen molar-refractivity contribution in [1.29, 1.82) is 0 Å². The van der Waals surface area contributed by atoms with Gasteiger partial charge in [0, 0.05) is 26.2 Å². The number of aliphatic imine (C=N–C) groups is 1. The lowest BCUT2D eigenvalue weighted by Gasteiger charge is -2.14. The molecule has 0 fully saturated rings. The number of hydrogen-bond donors (Lipinski definition) is 2. The van der Waals surface area contributed by atoms with Gasteiger partial charge in [-0.3, -0.25) is 4.99 Å². The van der Waals surface area contributed by atoms with Crippen LogP contribution < -0.4 is 15.4 Å². The molecule has 118 valence electrons. The second-order valence-corrected chi connectivity index (χ2v) is 4.68. The van der Waals surface area contributed by atoms with Crippen LogP contribution in [0.1, 0.15) is 18.3 Å². The summed E-state index contributed by atoms with van der Waals surface area (Å²) < 4.78 is 7.48. The fourth-order valence-electron chi connectivity index (χ4n) is 1.98. The van der Waals surface area contributed by atoms with Crippen LogP contribution in [0.4, 0.5) is 0 Å². The van der Waals surface area contributed by atoms with Crippen molar-refractivity contribution in [2.75, 3.05) is 13.7 Å². The fourth-order valence-corrected chi connectivity index (χ4v) is 1.98. The Bertz CT molecular complexity index is 622. The predicted molar refractivity (Wildman–Crippen MR) is 85.7 cm³/mol. The Kier molecular flexibility index (Phi) is 5.76. The summed E-state index contributed by atoms with van der Waals surface area (Å²) in [5.74, 6) is 2.44. The first-order valence-electron chi connectivity index (χ1n) is 7.22. The molecule has 2 rings (SSSR count). The van der Waals surface area contributed by atoms with Crippen molar-refractivity contribution in [2.24, 2.45) is 12.0 Å². The number of hydrogen-bond acceptors (Lipinski definition) is 4.